The third-order valence-electron chi connectivity index (χ3n) is 2.92. The van der Waals surface area contributed by atoms with Crippen LogP contribution >= 0.6 is 11.3 Å². The summed E-state index contributed by atoms with van der Waals surface area (Å²) in [4.78, 5) is 13.7. The SMILES string of the molecule is CCc1ccc(C(=O)/C=C/c2ccc(C(F)(F)F)cc2)s1. The normalized spacial score (nSPS) is 12.0. The van der Waals surface area contributed by atoms with Crippen molar-refractivity contribution in [3.63, 3.8) is 0 Å². The van der Waals surface area contributed by atoms with E-state index in [4.69, 9.17) is 0 Å². The van der Waals surface area contributed by atoms with Crippen LogP contribution in [0.3, 0.4) is 0 Å². The van der Waals surface area contributed by atoms with Crippen LogP contribution in [-0.4, -0.2) is 5.78 Å². The number of halogens is 3. The molecule has 0 radical (unpaired) electrons. The third kappa shape index (κ3) is 4.04. The molecule has 2 aromatic rings. The summed E-state index contributed by atoms with van der Waals surface area (Å²) in [6.07, 6.45) is -0.562. The summed E-state index contributed by atoms with van der Waals surface area (Å²) >= 11 is 1.43. The van der Waals surface area contributed by atoms with Crippen molar-refractivity contribution < 1.29 is 18.0 Å². The summed E-state index contributed by atoms with van der Waals surface area (Å²) in [7, 11) is 0. The zero-order valence-electron chi connectivity index (χ0n) is 11.3. The Morgan fingerprint density at radius 1 is 1.14 bits per heavy atom. The van der Waals surface area contributed by atoms with Gasteiger partial charge in [-0.2, -0.15) is 13.2 Å². The van der Waals surface area contributed by atoms with Crippen molar-refractivity contribution in [1.82, 2.24) is 0 Å². The van der Waals surface area contributed by atoms with E-state index in [-0.39, 0.29) is 5.78 Å². The largest absolute Gasteiger partial charge is 0.416 e. The predicted molar refractivity (Wildman–Crippen MR) is 78.5 cm³/mol. The van der Waals surface area contributed by atoms with Gasteiger partial charge < -0.3 is 0 Å². The van der Waals surface area contributed by atoms with Gasteiger partial charge in [-0.05, 0) is 42.3 Å². The van der Waals surface area contributed by atoms with Crippen molar-refractivity contribution >= 4 is 23.2 Å². The van der Waals surface area contributed by atoms with Crippen LogP contribution < -0.4 is 0 Å². The van der Waals surface area contributed by atoms with Crippen molar-refractivity contribution in [3.8, 4) is 0 Å². The number of aryl methyl sites for hydroxylation is 1. The summed E-state index contributed by atoms with van der Waals surface area (Å²) < 4.78 is 37.3. The number of hydrogen-bond acceptors (Lipinski definition) is 2. The van der Waals surface area contributed by atoms with E-state index in [9.17, 15) is 18.0 Å². The van der Waals surface area contributed by atoms with Crippen LogP contribution in [0.1, 0.15) is 32.6 Å². The average molecular weight is 310 g/mol. The Hall–Kier alpha value is -1.88. The van der Waals surface area contributed by atoms with Gasteiger partial charge in [-0.1, -0.05) is 25.1 Å². The van der Waals surface area contributed by atoms with E-state index in [2.05, 4.69) is 0 Å². The minimum atomic E-state index is -4.34. The number of ketones is 1. The molecule has 0 saturated carbocycles. The first-order valence-corrected chi connectivity index (χ1v) is 7.20. The van der Waals surface area contributed by atoms with Gasteiger partial charge in [0.2, 0.25) is 0 Å². The van der Waals surface area contributed by atoms with Crippen molar-refractivity contribution in [2.24, 2.45) is 0 Å². The molecule has 1 nitrogen and oxygen atoms in total. The molecule has 0 spiro atoms. The van der Waals surface area contributed by atoms with Crippen LogP contribution in [0.15, 0.2) is 42.5 Å². The van der Waals surface area contributed by atoms with Crippen LogP contribution in [0.5, 0.6) is 0 Å². The van der Waals surface area contributed by atoms with Gasteiger partial charge in [-0.25, -0.2) is 0 Å². The Bertz CT molecular complexity index is 651. The molecule has 0 amide bonds. The van der Waals surface area contributed by atoms with Gasteiger partial charge in [0.15, 0.2) is 5.78 Å². The lowest BCUT2D eigenvalue weighted by atomic mass is 10.1. The van der Waals surface area contributed by atoms with Gasteiger partial charge >= 0.3 is 6.18 Å². The van der Waals surface area contributed by atoms with Gasteiger partial charge in [0.25, 0.3) is 0 Å². The highest BCUT2D eigenvalue weighted by molar-refractivity contribution is 7.14. The number of alkyl halides is 3. The van der Waals surface area contributed by atoms with E-state index >= 15 is 0 Å². The molecule has 110 valence electrons. The van der Waals surface area contributed by atoms with E-state index in [1.54, 1.807) is 6.07 Å². The number of hydrogen-bond donors (Lipinski definition) is 0. The fraction of sp³-hybridized carbons (Fsp3) is 0.188. The van der Waals surface area contributed by atoms with Crippen LogP contribution in [0.25, 0.3) is 6.08 Å². The lowest BCUT2D eigenvalue weighted by molar-refractivity contribution is -0.137. The second kappa shape index (κ2) is 6.26. The maximum atomic E-state index is 12.4. The number of carbonyl (C=O) groups is 1. The lowest BCUT2D eigenvalue weighted by Gasteiger charge is -2.05. The molecule has 0 aliphatic rings. The molecule has 0 saturated heterocycles. The zero-order valence-corrected chi connectivity index (χ0v) is 12.1. The summed E-state index contributed by atoms with van der Waals surface area (Å²) in [6, 6.07) is 8.37. The summed E-state index contributed by atoms with van der Waals surface area (Å²) in [5.41, 5.74) is -0.138. The topological polar surface area (TPSA) is 17.1 Å². The second-order valence-corrected chi connectivity index (χ2v) is 5.61. The molecule has 2 rings (SSSR count). The summed E-state index contributed by atoms with van der Waals surface area (Å²) in [6.45, 7) is 2.01. The molecule has 0 atom stereocenters. The molecular formula is C16H13F3OS. The maximum absolute atomic E-state index is 12.4. The van der Waals surface area contributed by atoms with Gasteiger partial charge in [0, 0.05) is 4.88 Å². The molecule has 21 heavy (non-hydrogen) atoms. The molecule has 1 aromatic heterocycles. The van der Waals surface area contributed by atoms with Gasteiger partial charge in [0.05, 0.1) is 10.4 Å². The van der Waals surface area contributed by atoms with E-state index in [0.717, 1.165) is 23.4 Å². The van der Waals surface area contributed by atoms with Gasteiger partial charge in [-0.3, -0.25) is 4.79 Å². The highest BCUT2D eigenvalue weighted by atomic mass is 32.1. The first kappa shape index (κ1) is 15.5. The predicted octanol–water partition coefficient (Wildman–Crippen LogP) is 5.23. The first-order valence-electron chi connectivity index (χ1n) is 6.38. The van der Waals surface area contributed by atoms with Crippen LogP contribution in [0, 0.1) is 0 Å². The Balaban J connectivity index is 2.08. The molecule has 0 aliphatic carbocycles. The monoisotopic (exact) mass is 310 g/mol. The van der Waals surface area contributed by atoms with E-state index in [0.29, 0.717) is 10.4 Å². The molecule has 5 heteroatoms. The Kier molecular flexibility index (Phi) is 4.63. The standard InChI is InChI=1S/C16H13F3OS/c1-2-13-8-10-15(21-13)14(20)9-5-11-3-6-12(7-4-11)16(17,18)19/h3-10H,2H2,1H3/b9-5+. The molecule has 0 fully saturated rings. The minimum Gasteiger partial charge on any atom is -0.288 e. The second-order valence-electron chi connectivity index (χ2n) is 4.44. The fourth-order valence-corrected chi connectivity index (χ4v) is 2.61. The quantitative estimate of drug-likeness (QED) is 0.558. The fourth-order valence-electron chi connectivity index (χ4n) is 1.74. The van der Waals surface area contributed by atoms with Crippen molar-refractivity contribution in [1.29, 1.82) is 0 Å². The Labute approximate surface area is 124 Å². The first-order chi connectivity index (χ1) is 9.90. The molecular weight excluding hydrogens is 297 g/mol. The van der Waals surface area contributed by atoms with Gasteiger partial charge in [-0.15, -0.1) is 11.3 Å². The van der Waals surface area contributed by atoms with E-state index in [1.165, 1.54) is 35.6 Å². The zero-order chi connectivity index (χ0) is 15.5. The molecule has 1 heterocycles. The number of carbonyl (C=O) groups excluding carboxylic acids is 1. The summed E-state index contributed by atoms with van der Waals surface area (Å²) in [5.74, 6) is -0.139. The van der Waals surface area contributed by atoms with E-state index in [1.807, 2.05) is 13.0 Å². The van der Waals surface area contributed by atoms with E-state index < -0.39 is 11.7 Å². The highest BCUT2D eigenvalue weighted by Crippen LogP contribution is 2.29. The highest BCUT2D eigenvalue weighted by Gasteiger charge is 2.29. The van der Waals surface area contributed by atoms with Gasteiger partial charge in [0.1, 0.15) is 0 Å². The van der Waals surface area contributed by atoms with Crippen LogP contribution in [0.4, 0.5) is 13.2 Å². The number of benzene rings is 1. The Morgan fingerprint density at radius 2 is 1.81 bits per heavy atom. The van der Waals surface area contributed by atoms with Crippen molar-refractivity contribution in [2.75, 3.05) is 0 Å². The smallest absolute Gasteiger partial charge is 0.288 e. The Morgan fingerprint density at radius 3 is 2.33 bits per heavy atom. The average Bonchev–Trinajstić information content (AvgIpc) is 2.93. The lowest BCUT2D eigenvalue weighted by Crippen LogP contribution is -2.03. The minimum absolute atomic E-state index is 0.139. The molecule has 0 bridgehead atoms. The number of rotatable bonds is 4. The van der Waals surface area contributed by atoms with Crippen LogP contribution in [-0.2, 0) is 12.6 Å². The number of allylic oxidation sites excluding steroid dienone is 1. The maximum Gasteiger partial charge on any atom is 0.416 e. The number of thiophene rings is 1. The van der Waals surface area contributed by atoms with Crippen LogP contribution in [0.2, 0.25) is 0 Å². The molecule has 0 aliphatic heterocycles. The molecule has 0 N–H and O–H groups in total. The third-order valence-corrected chi connectivity index (χ3v) is 4.16. The van der Waals surface area contributed by atoms with Crippen molar-refractivity contribution in [2.45, 2.75) is 19.5 Å². The molecule has 1 aromatic carbocycles. The molecule has 0 unspecified atom stereocenters. The van der Waals surface area contributed by atoms with Crippen molar-refractivity contribution in [3.05, 3.63) is 63.4 Å². The summed E-state index contributed by atoms with van der Waals surface area (Å²) in [5, 5.41) is 0.